The van der Waals surface area contributed by atoms with Gasteiger partial charge in [0, 0.05) is 5.02 Å². The third-order valence-corrected chi connectivity index (χ3v) is 1.49. The van der Waals surface area contributed by atoms with E-state index in [1.54, 1.807) is 0 Å². The molecule has 14 heavy (non-hydrogen) atoms. The molecule has 0 bridgehead atoms. The van der Waals surface area contributed by atoms with E-state index < -0.39 is 12.1 Å². The molecule has 0 spiro atoms. The molecule has 0 heterocycles. The summed E-state index contributed by atoms with van der Waals surface area (Å²) in [5, 5.41) is 8.61. The van der Waals surface area contributed by atoms with Crippen LogP contribution in [-0.4, -0.2) is 11.5 Å². The Hall–Kier alpha value is -0.940. The van der Waals surface area contributed by atoms with Crippen molar-refractivity contribution < 1.29 is 23.0 Å². The van der Waals surface area contributed by atoms with E-state index in [1.807, 2.05) is 0 Å². The Morgan fingerprint density at radius 2 is 1.93 bits per heavy atom. The van der Waals surface area contributed by atoms with Gasteiger partial charge in [-0.2, -0.15) is 0 Å². The van der Waals surface area contributed by atoms with Crippen molar-refractivity contribution in [3.05, 3.63) is 35.4 Å². The van der Waals surface area contributed by atoms with E-state index in [-0.39, 0.29) is 10.6 Å². The number of hydrogen-bond acceptors (Lipinski definition) is 2. The quantitative estimate of drug-likeness (QED) is 0.838. The Morgan fingerprint density at radius 3 is 2.43 bits per heavy atom. The molecule has 1 aromatic rings. The molecule has 0 aliphatic rings. The number of hydrogen-bond donors (Lipinski definition) is 1. The lowest BCUT2D eigenvalue weighted by Gasteiger charge is -2.09. The van der Waals surface area contributed by atoms with Crippen molar-refractivity contribution in [1.29, 1.82) is 0 Å². The van der Waals surface area contributed by atoms with Crippen molar-refractivity contribution in [2.75, 3.05) is 0 Å². The zero-order chi connectivity index (χ0) is 10.8. The molecule has 77 valence electrons. The molecule has 0 unspecified atom stereocenters. The molecule has 0 aromatic heterocycles. The number of ether oxygens (including phenoxy) is 1. The van der Waals surface area contributed by atoms with Crippen LogP contribution < -0.4 is 4.74 Å². The predicted octanol–water partition coefficient (Wildman–Crippen LogP) is 3.12. The monoisotopic (exact) mass is 225 g/mol. The van der Waals surface area contributed by atoms with Crippen molar-refractivity contribution in [2.45, 2.75) is 6.36 Å². The van der Waals surface area contributed by atoms with E-state index in [0.717, 1.165) is 12.1 Å². The molecule has 0 amide bonds. The predicted molar refractivity (Wildman–Crippen MR) is 43.5 cm³/mol. The van der Waals surface area contributed by atoms with Gasteiger partial charge in [0.1, 0.15) is 12.4 Å². The van der Waals surface area contributed by atoms with Gasteiger partial charge in [0.25, 0.3) is 0 Å². The molecule has 0 atom stereocenters. The molecule has 2 nitrogen and oxygen atoms in total. The Kier molecular flexibility index (Phi) is 3.23. The van der Waals surface area contributed by atoms with Crippen LogP contribution in [0.15, 0.2) is 18.2 Å². The molecule has 1 aromatic carbocycles. The van der Waals surface area contributed by atoms with E-state index in [1.165, 1.54) is 6.07 Å². The van der Waals surface area contributed by atoms with Crippen molar-refractivity contribution in [1.82, 2.24) is 0 Å². The van der Waals surface area contributed by atoms with Crippen molar-refractivity contribution >= 4 is 11.6 Å². The van der Waals surface area contributed by atoms with E-state index in [4.69, 9.17) is 16.7 Å². The van der Waals surface area contributed by atoms with Crippen LogP contribution in [0.3, 0.4) is 0 Å². The fourth-order valence-corrected chi connectivity index (χ4v) is 1.09. The third kappa shape index (κ3) is 3.43. The number of aliphatic hydroxyl groups excluding tert-OH is 1. The molecular formula is C8H5ClF3O2. The number of aliphatic hydroxyl groups is 1. The normalized spacial score (nSPS) is 11.5. The molecule has 0 aliphatic carbocycles. The van der Waals surface area contributed by atoms with Crippen LogP contribution in [0.5, 0.6) is 5.75 Å². The Bertz CT molecular complexity index is 325. The summed E-state index contributed by atoms with van der Waals surface area (Å²) in [4.78, 5) is 0. The average molecular weight is 226 g/mol. The SMILES string of the molecule is O[CH]c1cc(Cl)cc(OC(F)(F)F)c1. The van der Waals surface area contributed by atoms with Gasteiger partial charge in [-0.05, 0) is 23.8 Å². The summed E-state index contributed by atoms with van der Waals surface area (Å²) in [6, 6.07) is 3.31. The highest BCUT2D eigenvalue weighted by molar-refractivity contribution is 6.30. The van der Waals surface area contributed by atoms with E-state index >= 15 is 0 Å². The fraction of sp³-hybridized carbons (Fsp3) is 0.125. The summed E-state index contributed by atoms with van der Waals surface area (Å²) < 4.78 is 38.9. The third-order valence-electron chi connectivity index (χ3n) is 1.28. The van der Waals surface area contributed by atoms with Crippen LogP contribution in [0, 0.1) is 6.61 Å². The van der Waals surface area contributed by atoms with Gasteiger partial charge in [-0.1, -0.05) is 11.6 Å². The van der Waals surface area contributed by atoms with Gasteiger partial charge in [0.05, 0.1) is 0 Å². The number of halogens is 4. The summed E-state index contributed by atoms with van der Waals surface area (Å²) in [6.45, 7) is 0.634. The highest BCUT2D eigenvalue weighted by atomic mass is 35.5. The van der Waals surface area contributed by atoms with Gasteiger partial charge in [-0.15, -0.1) is 13.2 Å². The van der Waals surface area contributed by atoms with E-state index in [9.17, 15) is 13.2 Å². The van der Waals surface area contributed by atoms with E-state index in [0.29, 0.717) is 6.61 Å². The molecule has 0 fully saturated rings. The Morgan fingerprint density at radius 1 is 1.29 bits per heavy atom. The largest absolute Gasteiger partial charge is 0.573 e. The zero-order valence-electron chi connectivity index (χ0n) is 6.68. The van der Waals surface area contributed by atoms with Crippen LogP contribution in [0.2, 0.25) is 5.02 Å². The number of alkyl halides is 3. The lowest BCUT2D eigenvalue weighted by molar-refractivity contribution is -0.274. The van der Waals surface area contributed by atoms with Gasteiger partial charge in [-0.25, -0.2) is 0 Å². The molecule has 0 saturated carbocycles. The fourth-order valence-electron chi connectivity index (χ4n) is 0.851. The van der Waals surface area contributed by atoms with Crippen molar-refractivity contribution in [2.24, 2.45) is 0 Å². The summed E-state index contributed by atoms with van der Waals surface area (Å²) in [5.41, 5.74) is 0.136. The lowest BCUT2D eigenvalue weighted by Crippen LogP contribution is -2.17. The molecule has 1 radical (unpaired) electrons. The van der Waals surface area contributed by atoms with Gasteiger partial charge in [-0.3, -0.25) is 0 Å². The summed E-state index contributed by atoms with van der Waals surface area (Å²) in [7, 11) is 0. The minimum atomic E-state index is -4.77. The minimum Gasteiger partial charge on any atom is -0.406 e. The minimum absolute atomic E-state index is 0.0482. The molecule has 0 aliphatic heterocycles. The highest BCUT2D eigenvalue weighted by Crippen LogP contribution is 2.27. The van der Waals surface area contributed by atoms with Crippen LogP contribution in [-0.2, 0) is 0 Å². The maximum absolute atomic E-state index is 11.8. The maximum Gasteiger partial charge on any atom is 0.573 e. The van der Waals surface area contributed by atoms with Crippen LogP contribution in [0.4, 0.5) is 13.2 Å². The molecule has 1 rings (SSSR count). The average Bonchev–Trinajstić information content (AvgIpc) is 1.99. The molecule has 0 saturated heterocycles. The van der Waals surface area contributed by atoms with Gasteiger partial charge < -0.3 is 9.84 Å². The number of rotatable bonds is 2. The molecule has 1 N–H and O–H groups in total. The maximum atomic E-state index is 11.8. The topological polar surface area (TPSA) is 29.5 Å². The standard InChI is InChI=1S/C8H5ClF3O2/c9-6-1-5(4-13)2-7(3-6)14-8(10,11)12/h1-4,13H. The second kappa shape index (κ2) is 4.06. The highest BCUT2D eigenvalue weighted by Gasteiger charge is 2.31. The Labute approximate surface area is 82.9 Å². The summed E-state index contributed by atoms with van der Waals surface area (Å²) in [5.74, 6) is -0.467. The Balaban J connectivity index is 2.92. The second-order valence-electron chi connectivity index (χ2n) is 2.40. The van der Waals surface area contributed by atoms with Crippen LogP contribution in [0.25, 0.3) is 0 Å². The first-order chi connectivity index (χ1) is 6.40. The van der Waals surface area contributed by atoms with Crippen LogP contribution >= 0.6 is 11.6 Å². The lowest BCUT2D eigenvalue weighted by atomic mass is 10.2. The molecular weight excluding hydrogens is 221 g/mol. The van der Waals surface area contributed by atoms with Crippen LogP contribution in [0.1, 0.15) is 5.56 Å². The second-order valence-corrected chi connectivity index (χ2v) is 2.83. The van der Waals surface area contributed by atoms with Gasteiger partial charge in [0.15, 0.2) is 0 Å². The van der Waals surface area contributed by atoms with Gasteiger partial charge >= 0.3 is 6.36 Å². The number of benzene rings is 1. The zero-order valence-corrected chi connectivity index (χ0v) is 7.43. The smallest absolute Gasteiger partial charge is 0.406 e. The first kappa shape index (κ1) is 11.1. The first-order valence-corrected chi connectivity index (χ1v) is 3.82. The molecule has 6 heteroatoms. The van der Waals surface area contributed by atoms with Crippen molar-refractivity contribution in [3.63, 3.8) is 0 Å². The summed E-state index contributed by atoms with van der Waals surface area (Å²) in [6.07, 6.45) is -4.77. The summed E-state index contributed by atoms with van der Waals surface area (Å²) >= 11 is 5.48. The van der Waals surface area contributed by atoms with Crippen molar-refractivity contribution in [3.8, 4) is 5.75 Å². The van der Waals surface area contributed by atoms with Gasteiger partial charge in [0.2, 0.25) is 0 Å². The first-order valence-electron chi connectivity index (χ1n) is 3.44. The van der Waals surface area contributed by atoms with E-state index in [2.05, 4.69) is 4.74 Å².